The fourth-order valence-electron chi connectivity index (χ4n) is 1.60. The molecule has 0 spiro atoms. The van der Waals surface area contributed by atoms with Gasteiger partial charge in [-0.25, -0.2) is 0 Å². The van der Waals surface area contributed by atoms with E-state index in [1.54, 1.807) is 0 Å². The molecule has 3 nitrogen and oxygen atoms in total. The highest BCUT2D eigenvalue weighted by molar-refractivity contribution is 9.10. The number of nitrogens with two attached hydrogens (primary N) is 1. The second-order valence-electron chi connectivity index (χ2n) is 3.28. The van der Waals surface area contributed by atoms with E-state index < -0.39 is 0 Å². The van der Waals surface area contributed by atoms with Crippen LogP contribution in [0.3, 0.4) is 0 Å². The summed E-state index contributed by atoms with van der Waals surface area (Å²) < 4.78 is 1.03. The fraction of sp³-hybridized carbons (Fsp3) is 0.455. The van der Waals surface area contributed by atoms with Gasteiger partial charge in [0.15, 0.2) is 0 Å². The van der Waals surface area contributed by atoms with Crippen LogP contribution >= 0.6 is 15.9 Å². The van der Waals surface area contributed by atoms with E-state index in [9.17, 15) is 0 Å². The minimum absolute atomic E-state index is 0.161. The lowest BCUT2D eigenvalue weighted by molar-refractivity contribution is 0.302. The molecule has 1 aromatic rings. The van der Waals surface area contributed by atoms with Gasteiger partial charge in [0, 0.05) is 29.8 Å². The molecule has 15 heavy (non-hydrogen) atoms. The Kier molecular flexibility index (Phi) is 5.08. The summed E-state index contributed by atoms with van der Waals surface area (Å²) in [6.45, 7) is 4.25. The van der Waals surface area contributed by atoms with Crippen molar-refractivity contribution < 1.29 is 5.11 Å². The first-order valence-electron chi connectivity index (χ1n) is 5.07. The Morgan fingerprint density at radius 1 is 1.47 bits per heavy atom. The first-order valence-corrected chi connectivity index (χ1v) is 5.86. The van der Waals surface area contributed by atoms with Crippen LogP contribution in [-0.4, -0.2) is 24.8 Å². The lowest BCUT2D eigenvalue weighted by Crippen LogP contribution is -2.27. The average Bonchev–Trinajstić information content (AvgIpc) is 2.26. The molecule has 3 N–H and O–H groups in total. The zero-order chi connectivity index (χ0) is 11.3. The number of rotatable bonds is 5. The zero-order valence-electron chi connectivity index (χ0n) is 8.91. The molecule has 0 aliphatic carbocycles. The maximum absolute atomic E-state index is 8.97. The van der Waals surface area contributed by atoms with E-state index in [-0.39, 0.29) is 6.61 Å². The van der Waals surface area contributed by atoms with E-state index in [1.807, 2.05) is 18.2 Å². The number of likely N-dealkylation sites (N-methyl/N-ethyl adjacent to an activating group) is 1. The van der Waals surface area contributed by atoms with E-state index >= 15 is 0 Å². The maximum atomic E-state index is 8.97. The largest absolute Gasteiger partial charge is 0.395 e. The molecule has 0 saturated heterocycles. The predicted molar refractivity (Wildman–Crippen MR) is 67.0 cm³/mol. The van der Waals surface area contributed by atoms with Crippen LogP contribution < -0.4 is 10.6 Å². The van der Waals surface area contributed by atoms with Crippen LogP contribution in [0.2, 0.25) is 0 Å². The second-order valence-corrected chi connectivity index (χ2v) is 4.20. The van der Waals surface area contributed by atoms with Crippen molar-refractivity contribution in [2.45, 2.75) is 13.5 Å². The van der Waals surface area contributed by atoms with Crippen LogP contribution in [0.25, 0.3) is 0 Å². The number of nitrogens with zero attached hydrogens (tertiary/aromatic N) is 1. The summed E-state index contributed by atoms with van der Waals surface area (Å²) in [5, 5.41) is 8.97. The predicted octanol–water partition coefficient (Wildman–Crippen LogP) is 1.73. The van der Waals surface area contributed by atoms with Crippen molar-refractivity contribution in [3.63, 3.8) is 0 Å². The topological polar surface area (TPSA) is 49.5 Å². The van der Waals surface area contributed by atoms with Gasteiger partial charge in [-0.15, -0.1) is 0 Å². The maximum Gasteiger partial charge on any atom is 0.0606 e. The van der Waals surface area contributed by atoms with Gasteiger partial charge < -0.3 is 15.7 Å². The van der Waals surface area contributed by atoms with E-state index in [0.717, 1.165) is 22.3 Å². The van der Waals surface area contributed by atoms with Gasteiger partial charge in [-0.1, -0.05) is 15.9 Å². The molecule has 0 aromatic heterocycles. The second kappa shape index (κ2) is 6.10. The van der Waals surface area contributed by atoms with Gasteiger partial charge in [0.1, 0.15) is 0 Å². The molecule has 0 heterocycles. The fourth-order valence-corrected chi connectivity index (χ4v) is 2.00. The third-order valence-corrected chi connectivity index (χ3v) is 2.85. The Morgan fingerprint density at radius 3 is 2.73 bits per heavy atom. The number of aliphatic hydroxyl groups excluding tert-OH is 1. The van der Waals surface area contributed by atoms with Gasteiger partial charge in [-0.2, -0.15) is 0 Å². The van der Waals surface area contributed by atoms with E-state index in [1.165, 1.54) is 0 Å². The highest BCUT2D eigenvalue weighted by Gasteiger charge is 2.08. The van der Waals surface area contributed by atoms with Crippen LogP contribution in [0.4, 0.5) is 5.69 Å². The van der Waals surface area contributed by atoms with Crippen LogP contribution in [0.15, 0.2) is 22.7 Å². The first kappa shape index (κ1) is 12.5. The molecule has 0 aliphatic heterocycles. The number of benzene rings is 1. The molecule has 0 aliphatic rings. The molecule has 0 saturated carbocycles. The van der Waals surface area contributed by atoms with Crippen molar-refractivity contribution >= 4 is 21.6 Å². The minimum Gasteiger partial charge on any atom is -0.395 e. The standard InChI is InChI=1S/C11H17BrN2O/c1-2-14(5-6-15)11-4-3-10(12)7-9(11)8-13/h3-4,7,15H,2,5-6,8,13H2,1H3. The Morgan fingerprint density at radius 2 is 2.20 bits per heavy atom. The molecule has 0 bridgehead atoms. The summed E-state index contributed by atoms with van der Waals surface area (Å²) in [6, 6.07) is 6.05. The lowest BCUT2D eigenvalue weighted by atomic mass is 10.1. The smallest absolute Gasteiger partial charge is 0.0606 e. The van der Waals surface area contributed by atoms with Gasteiger partial charge in [-0.05, 0) is 30.7 Å². The third kappa shape index (κ3) is 3.19. The molecular weight excluding hydrogens is 256 g/mol. The SMILES string of the molecule is CCN(CCO)c1ccc(Br)cc1CN. The van der Waals surface area contributed by atoms with Crippen LogP contribution in [0.1, 0.15) is 12.5 Å². The highest BCUT2D eigenvalue weighted by Crippen LogP contribution is 2.24. The van der Waals surface area contributed by atoms with Crippen LogP contribution in [0.5, 0.6) is 0 Å². The van der Waals surface area contributed by atoms with Gasteiger partial charge >= 0.3 is 0 Å². The Balaban J connectivity index is 2.99. The minimum atomic E-state index is 0.161. The van der Waals surface area contributed by atoms with Crippen molar-refractivity contribution in [1.82, 2.24) is 0 Å². The normalized spacial score (nSPS) is 10.4. The summed E-state index contributed by atoms with van der Waals surface area (Å²) in [6.07, 6.45) is 0. The molecular formula is C11H17BrN2O. The Hall–Kier alpha value is -0.580. The van der Waals surface area contributed by atoms with E-state index in [2.05, 4.69) is 27.8 Å². The quantitative estimate of drug-likeness (QED) is 0.859. The number of hydrogen-bond donors (Lipinski definition) is 2. The van der Waals surface area contributed by atoms with Crippen molar-refractivity contribution in [1.29, 1.82) is 0 Å². The molecule has 4 heteroatoms. The number of anilines is 1. The van der Waals surface area contributed by atoms with Gasteiger partial charge in [0.2, 0.25) is 0 Å². The summed E-state index contributed by atoms with van der Waals surface area (Å²) in [5.41, 5.74) is 7.90. The molecule has 0 fully saturated rings. The summed E-state index contributed by atoms with van der Waals surface area (Å²) in [4.78, 5) is 2.12. The lowest BCUT2D eigenvalue weighted by Gasteiger charge is -2.24. The number of aliphatic hydroxyl groups is 1. The van der Waals surface area contributed by atoms with Crippen LogP contribution in [-0.2, 0) is 6.54 Å². The van der Waals surface area contributed by atoms with Crippen molar-refractivity contribution in [3.05, 3.63) is 28.2 Å². The molecule has 0 amide bonds. The van der Waals surface area contributed by atoms with Gasteiger partial charge in [0.25, 0.3) is 0 Å². The molecule has 0 atom stereocenters. The Labute approximate surface area is 99.0 Å². The summed E-state index contributed by atoms with van der Waals surface area (Å²) in [5.74, 6) is 0. The molecule has 1 aromatic carbocycles. The molecule has 0 unspecified atom stereocenters. The van der Waals surface area contributed by atoms with Crippen LogP contribution in [0, 0.1) is 0 Å². The van der Waals surface area contributed by atoms with E-state index in [0.29, 0.717) is 13.1 Å². The summed E-state index contributed by atoms with van der Waals surface area (Å²) in [7, 11) is 0. The first-order chi connectivity index (χ1) is 7.22. The highest BCUT2D eigenvalue weighted by atomic mass is 79.9. The van der Waals surface area contributed by atoms with Crippen molar-refractivity contribution in [2.75, 3.05) is 24.6 Å². The molecule has 1 rings (SSSR count). The van der Waals surface area contributed by atoms with Crippen molar-refractivity contribution in [2.24, 2.45) is 5.73 Å². The average molecular weight is 273 g/mol. The molecule has 0 radical (unpaired) electrons. The summed E-state index contributed by atoms with van der Waals surface area (Å²) >= 11 is 3.42. The third-order valence-electron chi connectivity index (χ3n) is 2.35. The molecule has 84 valence electrons. The number of halogens is 1. The van der Waals surface area contributed by atoms with Gasteiger partial charge in [0.05, 0.1) is 6.61 Å². The number of hydrogen-bond acceptors (Lipinski definition) is 3. The monoisotopic (exact) mass is 272 g/mol. The van der Waals surface area contributed by atoms with Crippen molar-refractivity contribution in [3.8, 4) is 0 Å². The van der Waals surface area contributed by atoms with Gasteiger partial charge in [-0.3, -0.25) is 0 Å². The van der Waals surface area contributed by atoms with E-state index in [4.69, 9.17) is 10.8 Å². The Bertz CT molecular complexity index is 317. The zero-order valence-corrected chi connectivity index (χ0v) is 10.5.